The predicted molar refractivity (Wildman–Crippen MR) is 94.6 cm³/mol. The number of amides is 1. The maximum atomic E-state index is 12.0. The number of likely N-dealkylation sites (N-methyl/N-ethyl adjacent to an activating group) is 1. The van der Waals surface area contributed by atoms with E-state index in [2.05, 4.69) is 37.1 Å². The van der Waals surface area contributed by atoms with Crippen molar-refractivity contribution in [1.82, 2.24) is 10.2 Å². The summed E-state index contributed by atoms with van der Waals surface area (Å²) in [5.41, 5.74) is 1.13. The topological polar surface area (TPSA) is 41.6 Å². The lowest BCUT2D eigenvalue weighted by atomic mass is 10.1. The van der Waals surface area contributed by atoms with Gasteiger partial charge in [0.15, 0.2) is 0 Å². The van der Waals surface area contributed by atoms with Crippen LogP contribution in [0.5, 0.6) is 5.75 Å². The van der Waals surface area contributed by atoms with Crippen LogP contribution in [0.4, 0.5) is 0 Å². The van der Waals surface area contributed by atoms with E-state index in [1.165, 1.54) is 0 Å². The van der Waals surface area contributed by atoms with Gasteiger partial charge in [-0.2, -0.15) is 0 Å². The molecule has 5 heteroatoms. The Labute approximate surface area is 138 Å². The first-order valence-electron chi connectivity index (χ1n) is 7.44. The number of benzene rings is 1. The largest absolute Gasteiger partial charge is 0.497 e. The van der Waals surface area contributed by atoms with Crippen LogP contribution in [0.25, 0.3) is 0 Å². The van der Waals surface area contributed by atoms with E-state index in [1.54, 1.807) is 18.9 Å². The van der Waals surface area contributed by atoms with Gasteiger partial charge in [0.2, 0.25) is 5.91 Å². The summed E-state index contributed by atoms with van der Waals surface area (Å²) in [6, 6.07) is 8.10. The Morgan fingerprint density at radius 3 is 2.59 bits per heavy atom. The molecule has 0 bridgehead atoms. The molecule has 0 aliphatic rings. The Morgan fingerprint density at radius 2 is 2.05 bits per heavy atom. The van der Waals surface area contributed by atoms with Crippen LogP contribution in [0.15, 0.2) is 24.3 Å². The predicted octanol–water partition coefficient (Wildman–Crippen LogP) is 2.95. The van der Waals surface area contributed by atoms with Gasteiger partial charge in [-0.05, 0) is 31.8 Å². The third kappa shape index (κ3) is 6.71. The quantitative estimate of drug-likeness (QED) is 0.837. The van der Waals surface area contributed by atoms with E-state index in [4.69, 9.17) is 4.74 Å². The van der Waals surface area contributed by atoms with Crippen LogP contribution >= 0.6 is 11.8 Å². The molecule has 0 fully saturated rings. The molecule has 124 valence electrons. The van der Waals surface area contributed by atoms with Crippen molar-refractivity contribution in [2.75, 3.05) is 33.5 Å². The van der Waals surface area contributed by atoms with Crippen molar-refractivity contribution in [3.05, 3.63) is 29.8 Å². The van der Waals surface area contributed by atoms with Crippen molar-refractivity contribution in [3.8, 4) is 5.75 Å². The third-order valence-corrected chi connectivity index (χ3v) is 4.50. The molecule has 0 aliphatic carbocycles. The number of hydrogen-bond acceptors (Lipinski definition) is 4. The normalized spacial score (nSPS) is 13.0. The van der Waals surface area contributed by atoms with Gasteiger partial charge in [-0.25, -0.2) is 0 Å². The molecule has 0 radical (unpaired) electrons. The molecule has 0 aliphatic heterocycles. The molecule has 0 saturated carbocycles. The van der Waals surface area contributed by atoms with Crippen LogP contribution in [0.1, 0.15) is 32.4 Å². The van der Waals surface area contributed by atoms with E-state index in [9.17, 15) is 4.79 Å². The molecule has 0 heterocycles. The summed E-state index contributed by atoms with van der Waals surface area (Å²) in [6.07, 6.45) is 0. The number of methoxy groups -OCH3 is 1. The Morgan fingerprint density at radius 1 is 1.36 bits per heavy atom. The molecule has 4 nitrogen and oxygen atoms in total. The molecule has 1 unspecified atom stereocenters. The fourth-order valence-corrected chi connectivity index (χ4v) is 2.66. The number of carbonyl (C=O) groups is 1. The smallest absolute Gasteiger partial charge is 0.230 e. The molecular formula is C17H28N2O2S. The lowest BCUT2D eigenvalue weighted by molar-refractivity contribution is -0.118. The van der Waals surface area contributed by atoms with Crippen LogP contribution in [0, 0.1) is 0 Å². The molecule has 1 atom stereocenters. The molecule has 1 amide bonds. The Balaban J connectivity index is 2.63. The maximum Gasteiger partial charge on any atom is 0.230 e. The fourth-order valence-electron chi connectivity index (χ4n) is 1.99. The van der Waals surface area contributed by atoms with E-state index in [1.807, 2.05) is 32.3 Å². The van der Waals surface area contributed by atoms with Gasteiger partial charge in [-0.1, -0.05) is 32.9 Å². The second-order valence-electron chi connectivity index (χ2n) is 6.46. The van der Waals surface area contributed by atoms with E-state index >= 15 is 0 Å². The van der Waals surface area contributed by atoms with Gasteiger partial charge in [0, 0.05) is 11.3 Å². The number of hydrogen-bond donors (Lipinski definition) is 1. The highest BCUT2D eigenvalue weighted by atomic mass is 32.2. The van der Waals surface area contributed by atoms with E-state index in [0.29, 0.717) is 12.3 Å². The molecular weight excluding hydrogens is 296 g/mol. The number of nitrogens with one attached hydrogen (secondary N) is 1. The van der Waals surface area contributed by atoms with Gasteiger partial charge >= 0.3 is 0 Å². The zero-order chi connectivity index (χ0) is 16.8. The number of rotatable bonds is 7. The van der Waals surface area contributed by atoms with E-state index in [0.717, 1.165) is 11.3 Å². The summed E-state index contributed by atoms with van der Waals surface area (Å²) in [5, 5.41) is 3.03. The fraction of sp³-hybridized carbons (Fsp3) is 0.588. The summed E-state index contributed by atoms with van der Waals surface area (Å²) >= 11 is 1.66. The number of thioether (sulfide) groups is 1. The number of carbonyl (C=O) groups excluding carboxylic acids is 1. The molecule has 1 rings (SSSR count). The van der Waals surface area contributed by atoms with Crippen molar-refractivity contribution in [3.63, 3.8) is 0 Å². The maximum absolute atomic E-state index is 12.0. The minimum atomic E-state index is 0.0784. The molecule has 1 aromatic carbocycles. The average molecular weight is 324 g/mol. The van der Waals surface area contributed by atoms with E-state index < -0.39 is 0 Å². The standard InChI is InChI=1S/C17H28N2O2S/c1-17(2,3)22-12-16(20)18-11-15(19(4)5)13-8-7-9-14(10-13)21-6/h7-10,15H,11-12H2,1-6H3,(H,18,20). The second-order valence-corrected chi connectivity index (χ2v) is 8.26. The average Bonchev–Trinajstić information content (AvgIpc) is 2.44. The van der Waals surface area contributed by atoms with Crippen LogP contribution in [-0.4, -0.2) is 49.1 Å². The van der Waals surface area contributed by atoms with Crippen LogP contribution in [0.3, 0.4) is 0 Å². The molecule has 0 saturated heterocycles. The van der Waals surface area contributed by atoms with Crippen molar-refractivity contribution in [1.29, 1.82) is 0 Å². The van der Waals surface area contributed by atoms with Crippen LogP contribution in [-0.2, 0) is 4.79 Å². The first-order chi connectivity index (χ1) is 10.2. The molecule has 1 N–H and O–H groups in total. The lowest BCUT2D eigenvalue weighted by Gasteiger charge is -2.26. The van der Waals surface area contributed by atoms with Crippen molar-refractivity contribution in [2.45, 2.75) is 31.6 Å². The monoisotopic (exact) mass is 324 g/mol. The highest BCUT2D eigenvalue weighted by Gasteiger charge is 2.17. The zero-order valence-corrected chi connectivity index (χ0v) is 15.3. The zero-order valence-electron chi connectivity index (χ0n) is 14.5. The highest BCUT2D eigenvalue weighted by molar-refractivity contribution is 8.01. The van der Waals surface area contributed by atoms with Gasteiger partial charge in [-0.15, -0.1) is 11.8 Å². The molecule has 0 aromatic heterocycles. The first kappa shape index (κ1) is 18.8. The lowest BCUT2D eigenvalue weighted by Crippen LogP contribution is -2.35. The number of ether oxygens (including phenoxy) is 1. The summed E-state index contributed by atoms with van der Waals surface area (Å²) in [6.45, 7) is 6.93. The van der Waals surface area contributed by atoms with Crippen LogP contribution < -0.4 is 10.1 Å². The summed E-state index contributed by atoms with van der Waals surface area (Å²) in [4.78, 5) is 14.1. The first-order valence-corrected chi connectivity index (χ1v) is 8.42. The molecule has 22 heavy (non-hydrogen) atoms. The third-order valence-electron chi connectivity index (χ3n) is 3.23. The Hall–Kier alpha value is -1.20. The summed E-state index contributed by atoms with van der Waals surface area (Å²) < 4.78 is 5.38. The minimum Gasteiger partial charge on any atom is -0.497 e. The summed E-state index contributed by atoms with van der Waals surface area (Å²) in [5.74, 6) is 1.40. The number of nitrogens with zero attached hydrogens (tertiary/aromatic N) is 1. The minimum absolute atomic E-state index is 0.0784. The van der Waals surface area contributed by atoms with E-state index in [-0.39, 0.29) is 16.7 Å². The van der Waals surface area contributed by atoms with Crippen molar-refractivity contribution in [2.24, 2.45) is 0 Å². The van der Waals surface area contributed by atoms with Gasteiger partial charge in [-0.3, -0.25) is 4.79 Å². The second kappa shape index (κ2) is 8.44. The van der Waals surface area contributed by atoms with Crippen molar-refractivity contribution >= 4 is 17.7 Å². The van der Waals surface area contributed by atoms with Crippen LogP contribution in [0.2, 0.25) is 0 Å². The SMILES string of the molecule is COc1cccc(C(CNC(=O)CSC(C)(C)C)N(C)C)c1. The van der Waals surface area contributed by atoms with Gasteiger partial charge in [0.05, 0.1) is 18.9 Å². The van der Waals surface area contributed by atoms with Gasteiger partial charge < -0.3 is 15.0 Å². The molecule has 0 spiro atoms. The van der Waals surface area contributed by atoms with Gasteiger partial charge in [0.1, 0.15) is 5.75 Å². The van der Waals surface area contributed by atoms with Crippen molar-refractivity contribution < 1.29 is 9.53 Å². The Bertz CT molecular complexity index is 484. The molecule has 1 aromatic rings. The summed E-state index contributed by atoms with van der Waals surface area (Å²) in [7, 11) is 5.69. The Kier molecular flexibility index (Phi) is 7.23. The highest BCUT2D eigenvalue weighted by Crippen LogP contribution is 2.24. The van der Waals surface area contributed by atoms with Gasteiger partial charge in [0.25, 0.3) is 0 Å².